The minimum Gasteiger partial charge on any atom is -0.481 e. The van der Waals surface area contributed by atoms with Crippen LogP contribution in [0.2, 0.25) is 0 Å². The molecule has 2 rings (SSSR count). The molecule has 0 saturated carbocycles. The summed E-state index contributed by atoms with van der Waals surface area (Å²) >= 11 is 0. The molecule has 0 radical (unpaired) electrons. The maximum atomic E-state index is 13.3. The van der Waals surface area contributed by atoms with E-state index < -0.39 is 23.6 Å². The number of carboxylic acids is 1. The van der Waals surface area contributed by atoms with Gasteiger partial charge in [-0.2, -0.15) is 13.2 Å². The third-order valence-corrected chi connectivity index (χ3v) is 3.70. The molecule has 0 fully saturated rings. The van der Waals surface area contributed by atoms with Gasteiger partial charge in [0.25, 0.3) is 0 Å². The highest BCUT2D eigenvalue weighted by Gasteiger charge is 2.34. The van der Waals surface area contributed by atoms with Crippen LogP contribution in [0.5, 0.6) is 0 Å². The van der Waals surface area contributed by atoms with Crippen molar-refractivity contribution in [3.8, 4) is 0 Å². The number of nitrogens with zero attached hydrogens (tertiary/aromatic N) is 1. The van der Waals surface area contributed by atoms with Crippen molar-refractivity contribution in [3.05, 3.63) is 35.5 Å². The van der Waals surface area contributed by atoms with Crippen LogP contribution in [0.4, 0.5) is 13.2 Å². The number of fused-ring (bicyclic) bond motifs is 1. The molecule has 2 aromatic rings. The first-order valence-electron chi connectivity index (χ1n) is 7.05. The molecule has 0 aliphatic rings. The van der Waals surface area contributed by atoms with E-state index in [2.05, 4.69) is 0 Å². The highest BCUT2D eigenvalue weighted by molar-refractivity contribution is 5.85. The van der Waals surface area contributed by atoms with Gasteiger partial charge in [-0.3, -0.25) is 4.79 Å². The zero-order valence-corrected chi connectivity index (χ0v) is 12.6. The van der Waals surface area contributed by atoms with Crippen molar-refractivity contribution < 1.29 is 23.1 Å². The minimum absolute atomic E-state index is 0.123. The van der Waals surface area contributed by atoms with E-state index in [0.717, 1.165) is 6.07 Å². The fraction of sp³-hybridized carbons (Fsp3) is 0.438. The smallest absolute Gasteiger partial charge is 0.418 e. The first-order chi connectivity index (χ1) is 10.1. The molecule has 1 aromatic heterocycles. The van der Waals surface area contributed by atoms with Gasteiger partial charge < -0.3 is 9.67 Å². The molecule has 0 saturated heterocycles. The number of para-hydroxylation sites is 1. The fourth-order valence-corrected chi connectivity index (χ4v) is 2.72. The van der Waals surface area contributed by atoms with Crippen LogP contribution in [-0.4, -0.2) is 15.6 Å². The Morgan fingerprint density at radius 2 is 1.91 bits per heavy atom. The lowest BCUT2D eigenvalue weighted by Crippen LogP contribution is -2.17. The van der Waals surface area contributed by atoms with Gasteiger partial charge in [0, 0.05) is 23.5 Å². The Balaban J connectivity index is 2.69. The van der Waals surface area contributed by atoms with Gasteiger partial charge in [0.05, 0.1) is 17.0 Å². The van der Waals surface area contributed by atoms with Gasteiger partial charge in [-0.25, -0.2) is 0 Å². The number of aliphatic carboxylic acids is 1. The predicted molar refractivity (Wildman–Crippen MR) is 77.8 cm³/mol. The lowest BCUT2D eigenvalue weighted by atomic mass is 10.1. The maximum Gasteiger partial charge on any atom is 0.418 e. The summed E-state index contributed by atoms with van der Waals surface area (Å²) in [5, 5.41) is 9.52. The predicted octanol–water partition coefficient (Wildman–Crippen LogP) is 4.50. The monoisotopic (exact) mass is 313 g/mol. The SMILES string of the molecule is CC(Cc1cc2cccc(C(F)(F)F)c2n1C(C)C)C(=O)O. The molecule has 1 N–H and O–H groups in total. The van der Waals surface area contributed by atoms with Gasteiger partial charge >= 0.3 is 12.1 Å². The number of halogens is 3. The number of hydrogen-bond acceptors (Lipinski definition) is 1. The van der Waals surface area contributed by atoms with E-state index in [9.17, 15) is 18.0 Å². The van der Waals surface area contributed by atoms with Crippen molar-refractivity contribution in [3.63, 3.8) is 0 Å². The van der Waals surface area contributed by atoms with Crippen LogP contribution in [0.3, 0.4) is 0 Å². The van der Waals surface area contributed by atoms with Crippen LogP contribution >= 0.6 is 0 Å². The third-order valence-electron chi connectivity index (χ3n) is 3.70. The maximum absolute atomic E-state index is 13.3. The summed E-state index contributed by atoms with van der Waals surface area (Å²) in [7, 11) is 0. The van der Waals surface area contributed by atoms with Crippen LogP contribution in [0.1, 0.15) is 38.1 Å². The molecular weight excluding hydrogens is 295 g/mol. The third kappa shape index (κ3) is 2.96. The van der Waals surface area contributed by atoms with Crippen LogP contribution < -0.4 is 0 Å². The molecule has 1 atom stereocenters. The van der Waals surface area contributed by atoms with E-state index in [1.54, 1.807) is 37.5 Å². The Morgan fingerprint density at radius 3 is 2.41 bits per heavy atom. The van der Waals surface area contributed by atoms with E-state index in [4.69, 9.17) is 5.11 Å². The van der Waals surface area contributed by atoms with E-state index in [1.807, 2.05) is 0 Å². The van der Waals surface area contributed by atoms with Gasteiger partial charge in [0.2, 0.25) is 0 Å². The second-order valence-corrected chi connectivity index (χ2v) is 5.78. The van der Waals surface area contributed by atoms with Gasteiger partial charge in [-0.05, 0) is 26.0 Å². The molecule has 0 aliphatic heterocycles. The molecule has 1 aromatic carbocycles. The molecular formula is C16H18F3NO2. The van der Waals surface area contributed by atoms with Crippen LogP contribution in [-0.2, 0) is 17.4 Å². The number of carbonyl (C=O) groups is 1. The summed E-state index contributed by atoms with van der Waals surface area (Å²) in [5.74, 6) is -1.62. The largest absolute Gasteiger partial charge is 0.481 e. The second kappa shape index (κ2) is 5.66. The first kappa shape index (κ1) is 16.4. The Morgan fingerprint density at radius 1 is 1.27 bits per heavy atom. The molecule has 0 bridgehead atoms. The molecule has 1 heterocycles. The first-order valence-corrected chi connectivity index (χ1v) is 7.05. The molecule has 0 spiro atoms. The topological polar surface area (TPSA) is 42.2 Å². The van der Waals surface area contributed by atoms with Gasteiger partial charge in [0.15, 0.2) is 0 Å². The quantitative estimate of drug-likeness (QED) is 0.902. The number of aromatic nitrogens is 1. The minimum atomic E-state index is -4.44. The highest BCUT2D eigenvalue weighted by atomic mass is 19.4. The molecule has 22 heavy (non-hydrogen) atoms. The van der Waals surface area contributed by atoms with Crippen LogP contribution in [0, 0.1) is 5.92 Å². The van der Waals surface area contributed by atoms with Crippen molar-refractivity contribution in [2.24, 2.45) is 5.92 Å². The summed E-state index contributed by atoms with van der Waals surface area (Å²) in [6.07, 6.45) is -4.25. The Kier molecular flexibility index (Phi) is 4.22. The zero-order chi connectivity index (χ0) is 16.7. The Hall–Kier alpha value is -1.98. The Bertz CT molecular complexity index is 701. The van der Waals surface area contributed by atoms with E-state index in [0.29, 0.717) is 11.1 Å². The molecule has 120 valence electrons. The number of rotatable bonds is 4. The molecule has 6 heteroatoms. The summed E-state index contributed by atoms with van der Waals surface area (Å²) in [6.45, 7) is 5.14. The van der Waals surface area contributed by atoms with Crippen molar-refractivity contribution in [2.45, 2.75) is 39.4 Å². The Labute approximate surface area is 126 Å². The standard InChI is InChI=1S/C16H18F3NO2/c1-9(2)20-12(7-10(3)15(21)22)8-11-5-4-6-13(14(11)20)16(17,18)19/h4-6,8-10H,7H2,1-3H3,(H,21,22). The summed E-state index contributed by atoms with van der Waals surface area (Å²) < 4.78 is 41.4. The summed E-state index contributed by atoms with van der Waals surface area (Å²) in [6, 6.07) is 5.52. The molecule has 1 unspecified atom stereocenters. The van der Waals surface area contributed by atoms with Crippen LogP contribution in [0.25, 0.3) is 10.9 Å². The van der Waals surface area contributed by atoms with Gasteiger partial charge in [0.1, 0.15) is 0 Å². The van der Waals surface area contributed by atoms with Crippen molar-refractivity contribution >= 4 is 16.9 Å². The van der Waals surface area contributed by atoms with E-state index in [-0.39, 0.29) is 18.0 Å². The lowest BCUT2D eigenvalue weighted by Gasteiger charge is -2.18. The summed E-state index contributed by atoms with van der Waals surface area (Å²) in [5.41, 5.74) is 0.0436. The summed E-state index contributed by atoms with van der Waals surface area (Å²) in [4.78, 5) is 11.0. The van der Waals surface area contributed by atoms with Crippen molar-refractivity contribution in [1.29, 1.82) is 0 Å². The van der Waals surface area contributed by atoms with E-state index >= 15 is 0 Å². The number of benzene rings is 1. The fourth-order valence-electron chi connectivity index (χ4n) is 2.72. The van der Waals surface area contributed by atoms with Crippen LogP contribution in [0.15, 0.2) is 24.3 Å². The van der Waals surface area contributed by atoms with Gasteiger partial charge in [-0.15, -0.1) is 0 Å². The number of hydrogen-bond donors (Lipinski definition) is 1. The highest BCUT2D eigenvalue weighted by Crippen LogP contribution is 2.37. The van der Waals surface area contributed by atoms with E-state index in [1.165, 1.54) is 6.07 Å². The zero-order valence-electron chi connectivity index (χ0n) is 12.6. The number of carboxylic acid groups (broad SMARTS) is 1. The normalized spacial score (nSPS) is 13.8. The molecule has 0 amide bonds. The average molecular weight is 313 g/mol. The number of alkyl halides is 3. The average Bonchev–Trinajstić information content (AvgIpc) is 2.74. The molecule has 3 nitrogen and oxygen atoms in total. The van der Waals surface area contributed by atoms with Crippen molar-refractivity contribution in [1.82, 2.24) is 4.57 Å². The lowest BCUT2D eigenvalue weighted by molar-refractivity contribution is -0.141. The second-order valence-electron chi connectivity index (χ2n) is 5.78. The van der Waals surface area contributed by atoms with Crippen molar-refractivity contribution in [2.75, 3.05) is 0 Å². The molecule has 0 aliphatic carbocycles. The van der Waals surface area contributed by atoms with Gasteiger partial charge in [-0.1, -0.05) is 19.1 Å².